The number of benzene rings is 4. The van der Waals surface area contributed by atoms with Crippen LogP contribution < -0.4 is 0 Å². The van der Waals surface area contributed by atoms with Crippen molar-refractivity contribution in [2.45, 2.75) is 13.0 Å². The molecule has 1 heterocycles. The summed E-state index contributed by atoms with van der Waals surface area (Å²) in [7, 11) is 0. The van der Waals surface area contributed by atoms with Gasteiger partial charge < -0.3 is 0 Å². The summed E-state index contributed by atoms with van der Waals surface area (Å²) in [4.78, 5) is 2.63. The van der Waals surface area contributed by atoms with E-state index in [0.717, 1.165) is 31.9 Å². The van der Waals surface area contributed by atoms with Gasteiger partial charge in [0, 0.05) is 26.2 Å². The molecule has 4 aromatic carbocycles. The number of fused-ring (bicyclic) bond motifs is 4. The number of hydrogen-bond acceptors (Lipinski definition) is 3. The van der Waals surface area contributed by atoms with Crippen molar-refractivity contribution in [3.8, 4) is 11.1 Å². The normalized spacial score (nSPS) is 16.9. The molecule has 2 aliphatic rings. The molecule has 32 heavy (non-hydrogen) atoms. The van der Waals surface area contributed by atoms with E-state index in [-0.39, 0.29) is 0 Å². The smallest absolute Gasteiger partial charge is 0.0646 e. The van der Waals surface area contributed by atoms with Crippen molar-refractivity contribution in [3.63, 3.8) is 0 Å². The van der Waals surface area contributed by atoms with Crippen molar-refractivity contribution in [3.05, 3.63) is 108 Å². The van der Waals surface area contributed by atoms with Crippen LogP contribution in [-0.4, -0.2) is 41.8 Å². The molecule has 1 fully saturated rings. The van der Waals surface area contributed by atoms with Crippen molar-refractivity contribution in [1.29, 1.82) is 0 Å². The molecule has 0 amide bonds. The van der Waals surface area contributed by atoms with E-state index in [1.54, 1.807) is 0 Å². The second-order valence-corrected chi connectivity index (χ2v) is 8.81. The number of nitrogens with zero attached hydrogens (tertiary/aromatic N) is 3. The highest BCUT2D eigenvalue weighted by Crippen LogP contribution is 2.46. The van der Waals surface area contributed by atoms with Crippen LogP contribution in [0, 0.1) is 0 Å². The number of rotatable bonds is 3. The number of hydrogen-bond donors (Lipinski definition) is 0. The molecule has 0 unspecified atom stereocenters. The Hall–Kier alpha value is -3.43. The summed E-state index contributed by atoms with van der Waals surface area (Å²) in [5.74, 6) is 0. The van der Waals surface area contributed by atoms with Crippen LogP contribution in [0.5, 0.6) is 0 Å². The van der Waals surface area contributed by atoms with Crippen LogP contribution in [0.25, 0.3) is 21.9 Å². The Bertz CT molecular complexity index is 1270. The zero-order valence-corrected chi connectivity index (χ0v) is 18.4. The molecule has 0 atom stereocenters. The lowest BCUT2D eigenvalue weighted by Gasteiger charge is -2.37. The highest BCUT2D eigenvalue weighted by molar-refractivity contribution is 6.01. The standard InChI is InChI=1S/C29H27N3/c1-21(23-15-14-22-8-2-3-9-24(22)20-23)30-32-18-16-31(17-19-32)29-27-12-6-4-10-25(27)26-11-5-7-13-28(26)29/h2-15,20,29H,16-19H2,1H3/b30-21+. The average Bonchev–Trinajstić information content (AvgIpc) is 3.19. The molecular weight excluding hydrogens is 390 g/mol. The van der Waals surface area contributed by atoms with Gasteiger partial charge in [-0.3, -0.25) is 9.91 Å². The van der Waals surface area contributed by atoms with Crippen molar-refractivity contribution in [1.82, 2.24) is 9.91 Å². The first-order chi connectivity index (χ1) is 15.8. The van der Waals surface area contributed by atoms with Gasteiger partial charge in [0.25, 0.3) is 0 Å². The maximum Gasteiger partial charge on any atom is 0.0646 e. The van der Waals surface area contributed by atoms with E-state index in [1.807, 2.05) is 0 Å². The van der Waals surface area contributed by atoms with Crippen molar-refractivity contribution < 1.29 is 0 Å². The fourth-order valence-electron chi connectivity index (χ4n) is 5.28. The van der Waals surface area contributed by atoms with E-state index >= 15 is 0 Å². The fourth-order valence-corrected chi connectivity index (χ4v) is 5.28. The number of hydrazone groups is 1. The van der Waals surface area contributed by atoms with E-state index in [9.17, 15) is 0 Å². The lowest BCUT2D eigenvalue weighted by Crippen LogP contribution is -2.45. The maximum atomic E-state index is 4.99. The van der Waals surface area contributed by atoms with E-state index in [1.165, 1.54) is 38.6 Å². The van der Waals surface area contributed by atoms with Gasteiger partial charge in [-0.05, 0) is 51.6 Å². The predicted molar refractivity (Wildman–Crippen MR) is 133 cm³/mol. The second kappa shape index (κ2) is 7.92. The molecule has 0 N–H and O–H groups in total. The quantitative estimate of drug-likeness (QED) is 0.384. The van der Waals surface area contributed by atoms with Crippen LogP contribution in [0.3, 0.4) is 0 Å². The Morgan fingerprint density at radius 3 is 1.97 bits per heavy atom. The Morgan fingerprint density at radius 1 is 0.688 bits per heavy atom. The van der Waals surface area contributed by atoms with Gasteiger partial charge >= 0.3 is 0 Å². The minimum Gasteiger partial charge on any atom is -0.294 e. The van der Waals surface area contributed by atoms with Gasteiger partial charge in [0.2, 0.25) is 0 Å². The predicted octanol–water partition coefficient (Wildman–Crippen LogP) is 5.95. The lowest BCUT2D eigenvalue weighted by molar-refractivity contribution is 0.114. The lowest BCUT2D eigenvalue weighted by atomic mass is 10.0. The third-order valence-electron chi connectivity index (χ3n) is 6.92. The summed E-state index contributed by atoms with van der Waals surface area (Å²) < 4.78 is 0. The van der Waals surface area contributed by atoms with Crippen molar-refractivity contribution in [2.75, 3.05) is 26.2 Å². The SMILES string of the molecule is C/C(=N\N1CCN(C2c3ccccc3-c3ccccc32)CC1)c1ccc2ccccc2c1. The molecule has 158 valence electrons. The molecule has 0 aromatic heterocycles. The summed E-state index contributed by atoms with van der Waals surface area (Å²) >= 11 is 0. The largest absolute Gasteiger partial charge is 0.294 e. The molecule has 0 bridgehead atoms. The molecule has 1 aliphatic heterocycles. The van der Waals surface area contributed by atoms with Gasteiger partial charge in [-0.1, -0.05) is 84.9 Å². The zero-order chi connectivity index (χ0) is 21.5. The molecule has 0 saturated carbocycles. The van der Waals surface area contributed by atoms with E-state index in [4.69, 9.17) is 5.10 Å². The molecule has 3 nitrogen and oxygen atoms in total. The number of piperazine rings is 1. The van der Waals surface area contributed by atoms with Gasteiger partial charge in [-0.25, -0.2) is 0 Å². The Labute approximate surface area is 189 Å². The highest BCUT2D eigenvalue weighted by atomic mass is 15.5. The topological polar surface area (TPSA) is 18.8 Å². The maximum absolute atomic E-state index is 4.99. The summed E-state index contributed by atoms with van der Waals surface area (Å²) in [5.41, 5.74) is 7.95. The molecule has 1 saturated heterocycles. The summed E-state index contributed by atoms with van der Waals surface area (Å²) in [6, 6.07) is 33.3. The Morgan fingerprint density at radius 2 is 1.28 bits per heavy atom. The Kier molecular flexibility index (Phi) is 4.77. The monoisotopic (exact) mass is 417 g/mol. The molecule has 0 radical (unpaired) electrons. The van der Waals surface area contributed by atoms with Gasteiger partial charge in [0.05, 0.1) is 11.8 Å². The van der Waals surface area contributed by atoms with Crippen LogP contribution in [-0.2, 0) is 0 Å². The van der Waals surface area contributed by atoms with E-state index in [0.29, 0.717) is 6.04 Å². The van der Waals surface area contributed by atoms with Gasteiger partial charge in [0.15, 0.2) is 0 Å². The summed E-state index contributed by atoms with van der Waals surface area (Å²) in [6.45, 7) is 6.06. The van der Waals surface area contributed by atoms with Gasteiger partial charge in [-0.15, -0.1) is 0 Å². The summed E-state index contributed by atoms with van der Waals surface area (Å²) in [6.07, 6.45) is 0. The Balaban J connectivity index is 1.20. The molecular formula is C29H27N3. The zero-order valence-electron chi connectivity index (χ0n) is 18.4. The fraction of sp³-hybridized carbons (Fsp3) is 0.207. The van der Waals surface area contributed by atoms with Gasteiger partial charge in [0.1, 0.15) is 0 Å². The van der Waals surface area contributed by atoms with Crippen LogP contribution in [0.4, 0.5) is 0 Å². The first kappa shape index (κ1) is 19.3. The average molecular weight is 418 g/mol. The molecule has 6 rings (SSSR count). The third-order valence-corrected chi connectivity index (χ3v) is 6.92. The summed E-state index contributed by atoms with van der Waals surface area (Å²) in [5, 5.41) is 9.77. The second-order valence-electron chi connectivity index (χ2n) is 8.81. The first-order valence-electron chi connectivity index (χ1n) is 11.5. The highest BCUT2D eigenvalue weighted by Gasteiger charge is 2.33. The van der Waals surface area contributed by atoms with E-state index < -0.39 is 0 Å². The van der Waals surface area contributed by atoms with Crippen LogP contribution in [0.2, 0.25) is 0 Å². The molecule has 4 aromatic rings. The van der Waals surface area contributed by atoms with Crippen LogP contribution >= 0.6 is 0 Å². The van der Waals surface area contributed by atoms with Crippen molar-refractivity contribution in [2.24, 2.45) is 5.10 Å². The van der Waals surface area contributed by atoms with Crippen LogP contribution in [0.1, 0.15) is 29.7 Å². The van der Waals surface area contributed by atoms with Gasteiger partial charge in [-0.2, -0.15) is 5.10 Å². The third kappa shape index (κ3) is 3.30. The first-order valence-corrected chi connectivity index (χ1v) is 11.5. The van der Waals surface area contributed by atoms with E-state index in [2.05, 4.69) is 108 Å². The minimum absolute atomic E-state index is 0.357. The molecule has 3 heteroatoms. The van der Waals surface area contributed by atoms with Crippen LogP contribution in [0.15, 0.2) is 96.1 Å². The molecule has 0 spiro atoms. The van der Waals surface area contributed by atoms with Crippen molar-refractivity contribution >= 4 is 16.5 Å². The molecule has 1 aliphatic carbocycles. The minimum atomic E-state index is 0.357.